The Hall–Kier alpha value is -2.47. The van der Waals surface area contributed by atoms with Crippen LogP contribution in [-0.2, 0) is 4.79 Å². The molecule has 1 aromatic carbocycles. The van der Waals surface area contributed by atoms with E-state index in [1.807, 2.05) is 25.1 Å². The summed E-state index contributed by atoms with van der Waals surface area (Å²) in [6.45, 7) is 3.44. The maximum Gasteiger partial charge on any atom is 0.222 e. The number of piperidine rings is 1. The predicted molar refractivity (Wildman–Crippen MR) is 102 cm³/mol. The molecule has 0 aliphatic carbocycles. The molecule has 25 heavy (non-hydrogen) atoms. The smallest absolute Gasteiger partial charge is 0.222 e. The van der Waals surface area contributed by atoms with Crippen LogP contribution in [0, 0.1) is 12.8 Å². The molecule has 128 valence electrons. The Morgan fingerprint density at radius 3 is 2.84 bits per heavy atom. The minimum Gasteiger partial charge on any atom is -0.369 e. The number of primary amides is 1. The standard InChI is InChI=1S/C19H20N4OS/c1-12-21-18(23-9-5-8-14(10-23)17(20)24)16-15(11-25-19(16)22-12)13-6-3-2-4-7-13/h2-4,6-7,11,14H,5,8-10H2,1H3,(H2,20,24)/t14-/m0/s1. The van der Waals surface area contributed by atoms with E-state index in [0.717, 1.165) is 52.4 Å². The number of thiophene rings is 1. The molecule has 1 amide bonds. The van der Waals surface area contributed by atoms with Crippen LogP contribution >= 0.6 is 11.3 Å². The van der Waals surface area contributed by atoms with Crippen molar-refractivity contribution in [2.24, 2.45) is 11.7 Å². The highest BCUT2D eigenvalue weighted by Crippen LogP contribution is 2.39. The minimum absolute atomic E-state index is 0.113. The first kappa shape index (κ1) is 16.0. The normalized spacial score (nSPS) is 17.8. The van der Waals surface area contributed by atoms with Gasteiger partial charge in [0, 0.05) is 24.0 Å². The maximum absolute atomic E-state index is 11.7. The van der Waals surface area contributed by atoms with Gasteiger partial charge in [-0.25, -0.2) is 9.97 Å². The van der Waals surface area contributed by atoms with Gasteiger partial charge in [-0.3, -0.25) is 4.79 Å². The van der Waals surface area contributed by atoms with E-state index in [1.165, 1.54) is 0 Å². The van der Waals surface area contributed by atoms with Crippen LogP contribution in [0.4, 0.5) is 5.82 Å². The Balaban J connectivity index is 1.85. The van der Waals surface area contributed by atoms with Crippen LogP contribution < -0.4 is 10.6 Å². The molecule has 3 heterocycles. The van der Waals surface area contributed by atoms with E-state index in [2.05, 4.69) is 27.4 Å². The van der Waals surface area contributed by atoms with E-state index in [9.17, 15) is 4.79 Å². The van der Waals surface area contributed by atoms with Gasteiger partial charge < -0.3 is 10.6 Å². The topological polar surface area (TPSA) is 72.1 Å². The van der Waals surface area contributed by atoms with Crippen molar-refractivity contribution in [1.29, 1.82) is 0 Å². The number of hydrogen-bond donors (Lipinski definition) is 1. The molecular formula is C19H20N4OS. The molecule has 3 aromatic rings. The highest BCUT2D eigenvalue weighted by atomic mass is 32.1. The Bertz CT molecular complexity index is 922. The minimum atomic E-state index is -0.222. The second kappa shape index (κ2) is 6.44. The summed E-state index contributed by atoms with van der Waals surface area (Å²) in [5.74, 6) is 1.34. The first-order valence-corrected chi connectivity index (χ1v) is 9.37. The Labute approximate surface area is 150 Å². The first-order chi connectivity index (χ1) is 12.1. The molecule has 6 heteroatoms. The van der Waals surface area contributed by atoms with Crippen LogP contribution in [0.1, 0.15) is 18.7 Å². The number of anilines is 1. The van der Waals surface area contributed by atoms with Crippen molar-refractivity contribution in [2.75, 3.05) is 18.0 Å². The molecule has 4 rings (SSSR count). The molecule has 0 saturated carbocycles. The van der Waals surface area contributed by atoms with E-state index in [1.54, 1.807) is 11.3 Å². The number of amides is 1. The van der Waals surface area contributed by atoms with Crippen LogP contribution in [-0.4, -0.2) is 29.0 Å². The number of rotatable bonds is 3. The molecule has 5 nitrogen and oxygen atoms in total. The van der Waals surface area contributed by atoms with Gasteiger partial charge in [0.15, 0.2) is 0 Å². The van der Waals surface area contributed by atoms with E-state index >= 15 is 0 Å². The molecule has 0 spiro atoms. The van der Waals surface area contributed by atoms with Gasteiger partial charge in [0.05, 0.1) is 11.3 Å². The van der Waals surface area contributed by atoms with Gasteiger partial charge in [0.1, 0.15) is 16.5 Å². The zero-order valence-corrected chi connectivity index (χ0v) is 14.9. The average Bonchev–Trinajstić information content (AvgIpc) is 3.05. The SMILES string of the molecule is Cc1nc(N2CCC[C@H](C(N)=O)C2)c2c(-c3ccccc3)csc2n1. The molecule has 0 bridgehead atoms. The van der Waals surface area contributed by atoms with Crippen LogP contribution in [0.25, 0.3) is 21.3 Å². The number of hydrogen-bond acceptors (Lipinski definition) is 5. The molecule has 1 aliphatic heterocycles. The van der Waals surface area contributed by atoms with Crippen LogP contribution in [0.2, 0.25) is 0 Å². The Morgan fingerprint density at radius 1 is 1.28 bits per heavy atom. The van der Waals surface area contributed by atoms with E-state index in [-0.39, 0.29) is 11.8 Å². The van der Waals surface area contributed by atoms with Gasteiger partial charge in [-0.05, 0) is 25.3 Å². The van der Waals surface area contributed by atoms with Crippen molar-refractivity contribution in [3.63, 3.8) is 0 Å². The molecule has 1 saturated heterocycles. The highest BCUT2D eigenvalue weighted by Gasteiger charge is 2.27. The number of carbonyl (C=O) groups is 1. The molecule has 2 N–H and O–H groups in total. The lowest BCUT2D eigenvalue weighted by molar-refractivity contribution is -0.122. The van der Waals surface area contributed by atoms with E-state index in [4.69, 9.17) is 10.7 Å². The number of benzene rings is 1. The number of aromatic nitrogens is 2. The van der Waals surface area contributed by atoms with Gasteiger partial charge in [-0.15, -0.1) is 11.3 Å². The number of carbonyl (C=O) groups excluding carboxylic acids is 1. The van der Waals surface area contributed by atoms with Crippen molar-refractivity contribution in [3.8, 4) is 11.1 Å². The molecule has 0 radical (unpaired) electrons. The summed E-state index contributed by atoms with van der Waals surface area (Å²) >= 11 is 1.64. The van der Waals surface area contributed by atoms with Gasteiger partial charge in [0.2, 0.25) is 5.91 Å². The summed E-state index contributed by atoms with van der Waals surface area (Å²) in [4.78, 5) is 24.2. The molecule has 2 aromatic heterocycles. The number of fused-ring (bicyclic) bond motifs is 1. The summed E-state index contributed by atoms with van der Waals surface area (Å²) < 4.78 is 0. The predicted octanol–water partition coefficient (Wildman–Crippen LogP) is 3.37. The zero-order chi connectivity index (χ0) is 17.4. The average molecular weight is 352 g/mol. The van der Waals surface area contributed by atoms with E-state index in [0.29, 0.717) is 6.54 Å². The zero-order valence-electron chi connectivity index (χ0n) is 14.1. The number of nitrogens with two attached hydrogens (primary N) is 1. The molecule has 1 fully saturated rings. The monoisotopic (exact) mass is 352 g/mol. The van der Waals surface area contributed by atoms with Crippen LogP contribution in [0.3, 0.4) is 0 Å². The second-order valence-corrected chi connectivity index (χ2v) is 7.34. The fourth-order valence-electron chi connectivity index (χ4n) is 3.49. The lowest BCUT2D eigenvalue weighted by Gasteiger charge is -2.32. The Kier molecular flexibility index (Phi) is 4.13. The third kappa shape index (κ3) is 2.98. The summed E-state index contributed by atoms with van der Waals surface area (Å²) in [5.41, 5.74) is 7.86. The van der Waals surface area contributed by atoms with Crippen molar-refractivity contribution >= 4 is 33.3 Å². The third-order valence-electron chi connectivity index (χ3n) is 4.73. The van der Waals surface area contributed by atoms with Crippen LogP contribution in [0.5, 0.6) is 0 Å². The van der Waals surface area contributed by atoms with Crippen molar-refractivity contribution in [2.45, 2.75) is 19.8 Å². The number of nitrogens with zero attached hydrogens (tertiary/aromatic N) is 3. The lowest BCUT2D eigenvalue weighted by atomic mass is 9.97. The summed E-state index contributed by atoms with van der Waals surface area (Å²) in [5, 5.41) is 3.22. The van der Waals surface area contributed by atoms with Gasteiger partial charge in [-0.2, -0.15) is 0 Å². The maximum atomic E-state index is 11.7. The molecular weight excluding hydrogens is 332 g/mol. The second-order valence-electron chi connectivity index (χ2n) is 6.48. The van der Waals surface area contributed by atoms with Crippen molar-refractivity contribution < 1.29 is 4.79 Å². The third-order valence-corrected chi connectivity index (χ3v) is 5.61. The molecule has 0 unspecified atom stereocenters. The van der Waals surface area contributed by atoms with Gasteiger partial charge in [0.25, 0.3) is 0 Å². The summed E-state index contributed by atoms with van der Waals surface area (Å²) in [7, 11) is 0. The fraction of sp³-hybridized carbons (Fsp3) is 0.316. The van der Waals surface area contributed by atoms with E-state index < -0.39 is 0 Å². The molecule has 1 aliphatic rings. The van der Waals surface area contributed by atoms with Crippen molar-refractivity contribution in [1.82, 2.24) is 9.97 Å². The Morgan fingerprint density at radius 2 is 2.08 bits per heavy atom. The number of aryl methyl sites for hydroxylation is 1. The van der Waals surface area contributed by atoms with Gasteiger partial charge in [-0.1, -0.05) is 30.3 Å². The lowest BCUT2D eigenvalue weighted by Crippen LogP contribution is -2.41. The molecule has 1 atom stereocenters. The highest BCUT2D eigenvalue weighted by molar-refractivity contribution is 7.17. The fourth-order valence-corrected chi connectivity index (χ4v) is 4.48. The van der Waals surface area contributed by atoms with Crippen LogP contribution in [0.15, 0.2) is 35.7 Å². The largest absolute Gasteiger partial charge is 0.369 e. The summed E-state index contributed by atoms with van der Waals surface area (Å²) in [6, 6.07) is 10.3. The van der Waals surface area contributed by atoms with Crippen molar-refractivity contribution in [3.05, 3.63) is 41.5 Å². The van der Waals surface area contributed by atoms with Gasteiger partial charge >= 0.3 is 0 Å². The first-order valence-electron chi connectivity index (χ1n) is 8.49. The summed E-state index contributed by atoms with van der Waals surface area (Å²) in [6.07, 6.45) is 1.80. The quantitative estimate of drug-likeness (QED) is 0.784.